The van der Waals surface area contributed by atoms with Crippen LogP contribution in [0.2, 0.25) is 0 Å². The highest BCUT2D eigenvalue weighted by Crippen LogP contribution is 2.21. The maximum Gasteiger partial charge on any atom is 0.0547 e. The SMILES string of the molecule is Cc1cccc(CN(C)Cc2ccc(Br)c(N)c2)n1. The molecule has 0 radical (unpaired) electrons. The van der Waals surface area contributed by atoms with E-state index in [1.807, 2.05) is 31.2 Å². The first-order valence-electron chi connectivity index (χ1n) is 6.19. The predicted molar refractivity (Wildman–Crippen MR) is 82.7 cm³/mol. The molecule has 0 spiro atoms. The van der Waals surface area contributed by atoms with Crippen LogP contribution in [0.4, 0.5) is 5.69 Å². The van der Waals surface area contributed by atoms with Gasteiger partial charge in [0.05, 0.1) is 5.69 Å². The molecule has 4 heteroatoms. The lowest BCUT2D eigenvalue weighted by Crippen LogP contribution is -2.18. The van der Waals surface area contributed by atoms with Crippen LogP contribution in [0.5, 0.6) is 0 Å². The maximum absolute atomic E-state index is 5.89. The third-order valence-corrected chi connectivity index (χ3v) is 3.61. The van der Waals surface area contributed by atoms with Crippen LogP contribution >= 0.6 is 15.9 Å². The van der Waals surface area contributed by atoms with Crippen molar-refractivity contribution in [3.63, 3.8) is 0 Å². The van der Waals surface area contributed by atoms with Crippen molar-refractivity contribution in [2.75, 3.05) is 12.8 Å². The van der Waals surface area contributed by atoms with Crippen LogP contribution in [-0.4, -0.2) is 16.9 Å². The van der Waals surface area contributed by atoms with Gasteiger partial charge in [-0.05, 0) is 59.7 Å². The molecular weight excluding hydrogens is 302 g/mol. The van der Waals surface area contributed by atoms with Gasteiger partial charge in [-0.1, -0.05) is 12.1 Å². The first kappa shape index (κ1) is 14.0. The fraction of sp³-hybridized carbons (Fsp3) is 0.267. The molecule has 3 nitrogen and oxygen atoms in total. The van der Waals surface area contributed by atoms with Crippen LogP contribution < -0.4 is 5.73 Å². The summed E-state index contributed by atoms with van der Waals surface area (Å²) in [4.78, 5) is 6.74. The number of benzene rings is 1. The van der Waals surface area contributed by atoms with Gasteiger partial charge in [0.1, 0.15) is 0 Å². The molecule has 2 rings (SSSR count). The van der Waals surface area contributed by atoms with Crippen LogP contribution in [0.3, 0.4) is 0 Å². The minimum Gasteiger partial charge on any atom is -0.398 e. The molecule has 19 heavy (non-hydrogen) atoms. The second-order valence-corrected chi connectivity index (χ2v) is 5.65. The monoisotopic (exact) mass is 319 g/mol. The van der Waals surface area contributed by atoms with Gasteiger partial charge in [0.25, 0.3) is 0 Å². The molecular formula is C15H18BrN3. The van der Waals surface area contributed by atoms with Crippen molar-refractivity contribution >= 4 is 21.6 Å². The van der Waals surface area contributed by atoms with E-state index < -0.39 is 0 Å². The highest BCUT2D eigenvalue weighted by atomic mass is 79.9. The number of pyridine rings is 1. The normalized spacial score (nSPS) is 10.9. The van der Waals surface area contributed by atoms with Gasteiger partial charge >= 0.3 is 0 Å². The van der Waals surface area contributed by atoms with Crippen molar-refractivity contribution in [2.45, 2.75) is 20.0 Å². The summed E-state index contributed by atoms with van der Waals surface area (Å²) in [6.45, 7) is 3.70. The van der Waals surface area contributed by atoms with Crippen LogP contribution in [0, 0.1) is 6.92 Å². The van der Waals surface area contributed by atoms with E-state index in [0.717, 1.165) is 34.6 Å². The zero-order valence-electron chi connectivity index (χ0n) is 11.2. The second kappa shape index (κ2) is 6.17. The Balaban J connectivity index is 2.01. The van der Waals surface area contributed by atoms with Gasteiger partial charge in [-0.15, -0.1) is 0 Å². The Morgan fingerprint density at radius 3 is 2.68 bits per heavy atom. The first-order valence-corrected chi connectivity index (χ1v) is 6.99. The highest BCUT2D eigenvalue weighted by Gasteiger charge is 2.04. The molecule has 0 amide bonds. The number of nitrogen functional groups attached to an aromatic ring is 1. The Morgan fingerprint density at radius 1 is 1.21 bits per heavy atom. The maximum atomic E-state index is 5.89. The minimum atomic E-state index is 0.777. The molecule has 0 saturated heterocycles. The van der Waals surface area contributed by atoms with Crippen molar-refractivity contribution in [1.82, 2.24) is 9.88 Å². The van der Waals surface area contributed by atoms with Crippen LogP contribution in [-0.2, 0) is 13.1 Å². The van der Waals surface area contributed by atoms with Crippen molar-refractivity contribution in [3.8, 4) is 0 Å². The molecule has 0 unspecified atom stereocenters. The smallest absolute Gasteiger partial charge is 0.0547 e. The fourth-order valence-corrected chi connectivity index (χ4v) is 2.27. The summed E-state index contributed by atoms with van der Waals surface area (Å²) in [5, 5.41) is 0. The number of nitrogens with zero attached hydrogens (tertiary/aromatic N) is 2. The largest absolute Gasteiger partial charge is 0.398 e. The molecule has 100 valence electrons. The summed E-state index contributed by atoms with van der Waals surface area (Å²) in [5.74, 6) is 0. The Morgan fingerprint density at radius 2 is 2.00 bits per heavy atom. The number of nitrogens with two attached hydrogens (primary N) is 1. The third kappa shape index (κ3) is 4.04. The molecule has 1 aromatic heterocycles. The topological polar surface area (TPSA) is 42.1 Å². The number of hydrogen-bond donors (Lipinski definition) is 1. The van der Waals surface area contributed by atoms with E-state index in [-0.39, 0.29) is 0 Å². The minimum absolute atomic E-state index is 0.777. The number of hydrogen-bond acceptors (Lipinski definition) is 3. The summed E-state index contributed by atoms with van der Waals surface area (Å²) in [7, 11) is 2.09. The van der Waals surface area contributed by atoms with Gasteiger partial charge < -0.3 is 5.73 Å². The van der Waals surface area contributed by atoms with Gasteiger partial charge in [-0.2, -0.15) is 0 Å². The lowest BCUT2D eigenvalue weighted by Gasteiger charge is -2.17. The second-order valence-electron chi connectivity index (χ2n) is 4.80. The molecule has 2 aromatic rings. The number of aromatic nitrogens is 1. The van der Waals surface area contributed by atoms with E-state index >= 15 is 0 Å². The summed E-state index contributed by atoms with van der Waals surface area (Å²) in [5.41, 5.74) is 10.0. The van der Waals surface area contributed by atoms with Crippen molar-refractivity contribution in [2.24, 2.45) is 0 Å². The Kier molecular flexibility index (Phi) is 4.56. The van der Waals surface area contributed by atoms with Crippen molar-refractivity contribution < 1.29 is 0 Å². The standard InChI is InChI=1S/C15H18BrN3/c1-11-4-3-5-13(18-11)10-19(2)9-12-6-7-14(16)15(17)8-12/h3-8H,9-10,17H2,1-2H3. The number of halogens is 1. The average molecular weight is 320 g/mol. The Hall–Kier alpha value is -1.39. The van der Waals surface area contributed by atoms with Gasteiger partial charge in [0.15, 0.2) is 0 Å². The molecule has 0 aliphatic carbocycles. The lowest BCUT2D eigenvalue weighted by atomic mass is 10.2. The summed E-state index contributed by atoms with van der Waals surface area (Å²) >= 11 is 3.41. The Bertz CT molecular complexity index is 569. The van der Waals surface area contributed by atoms with E-state index in [9.17, 15) is 0 Å². The number of aryl methyl sites for hydroxylation is 1. The predicted octanol–water partition coefficient (Wildman–Crippen LogP) is 3.37. The quantitative estimate of drug-likeness (QED) is 0.878. The van der Waals surface area contributed by atoms with E-state index in [1.165, 1.54) is 5.56 Å². The molecule has 2 N–H and O–H groups in total. The van der Waals surface area contributed by atoms with Gasteiger partial charge in [0, 0.05) is 28.9 Å². The molecule has 1 heterocycles. The average Bonchev–Trinajstić information content (AvgIpc) is 2.34. The number of anilines is 1. The van der Waals surface area contributed by atoms with Gasteiger partial charge in [-0.25, -0.2) is 0 Å². The Labute approximate surface area is 122 Å². The van der Waals surface area contributed by atoms with Crippen molar-refractivity contribution in [1.29, 1.82) is 0 Å². The van der Waals surface area contributed by atoms with E-state index in [0.29, 0.717) is 0 Å². The van der Waals surface area contributed by atoms with Crippen LogP contribution in [0.25, 0.3) is 0 Å². The van der Waals surface area contributed by atoms with Crippen LogP contribution in [0.1, 0.15) is 17.0 Å². The molecule has 0 aliphatic heterocycles. The third-order valence-electron chi connectivity index (χ3n) is 2.89. The molecule has 0 aliphatic rings. The molecule has 1 aromatic carbocycles. The van der Waals surface area contributed by atoms with E-state index in [4.69, 9.17) is 5.73 Å². The lowest BCUT2D eigenvalue weighted by molar-refractivity contribution is 0.315. The zero-order chi connectivity index (χ0) is 13.8. The van der Waals surface area contributed by atoms with Crippen molar-refractivity contribution in [3.05, 3.63) is 57.8 Å². The summed E-state index contributed by atoms with van der Waals surface area (Å²) in [6, 6.07) is 12.2. The molecule has 0 saturated carbocycles. The zero-order valence-corrected chi connectivity index (χ0v) is 12.8. The van der Waals surface area contributed by atoms with Gasteiger partial charge in [-0.3, -0.25) is 9.88 Å². The van der Waals surface area contributed by atoms with Crippen LogP contribution in [0.15, 0.2) is 40.9 Å². The fourth-order valence-electron chi connectivity index (χ4n) is 2.02. The van der Waals surface area contributed by atoms with E-state index in [1.54, 1.807) is 0 Å². The first-order chi connectivity index (χ1) is 9.04. The summed E-state index contributed by atoms with van der Waals surface area (Å²) in [6.07, 6.45) is 0. The molecule has 0 fully saturated rings. The summed E-state index contributed by atoms with van der Waals surface area (Å²) < 4.78 is 0.944. The molecule has 0 atom stereocenters. The number of rotatable bonds is 4. The molecule has 0 bridgehead atoms. The van der Waals surface area contributed by atoms with Gasteiger partial charge in [0.2, 0.25) is 0 Å². The highest BCUT2D eigenvalue weighted by molar-refractivity contribution is 9.10. The van der Waals surface area contributed by atoms with E-state index in [2.05, 4.69) is 45.0 Å².